The van der Waals surface area contributed by atoms with Crippen LogP contribution in [0.5, 0.6) is 0 Å². The van der Waals surface area contributed by atoms with Gasteiger partial charge in [0.05, 0.1) is 0 Å². The first kappa shape index (κ1) is 7.39. The van der Waals surface area contributed by atoms with E-state index in [1.165, 1.54) is 13.0 Å². The second kappa shape index (κ2) is 4.55. The van der Waals surface area contributed by atoms with Gasteiger partial charge in [0.1, 0.15) is 0 Å². The molecule has 0 aliphatic carbocycles. The highest BCUT2D eigenvalue weighted by atomic mass is 31.1. The molecule has 0 atom stereocenters. The van der Waals surface area contributed by atoms with Crippen molar-refractivity contribution < 1.29 is 0 Å². The molecule has 0 aliphatic rings. The fourth-order valence-electron chi connectivity index (χ4n) is 0.335. The summed E-state index contributed by atoms with van der Waals surface area (Å²) in [5.41, 5.74) is 0. The Labute approximate surface area is 47.3 Å². The molecule has 0 spiro atoms. The molecule has 0 aromatic rings. The van der Waals surface area contributed by atoms with Crippen molar-refractivity contribution in [2.75, 3.05) is 19.9 Å². The van der Waals surface area contributed by atoms with E-state index in [0.29, 0.717) is 0 Å². The Hall–Kier alpha value is 0.390. The van der Waals surface area contributed by atoms with Crippen molar-refractivity contribution in [3.8, 4) is 0 Å². The highest BCUT2D eigenvalue weighted by Gasteiger charge is 1.84. The summed E-state index contributed by atoms with van der Waals surface area (Å²) in [6.45, 7) is 7.82. The fraction of sp³-hybridized carbons (Fsp3) is 1.00. The van der Waals surface area contributed by atoms with E-state index in [9.17, 15) is 0 Å². The van der Waals surface area contributed by atoms with Crippen LogP contribution < -0.4 is 5.09 Å². The first-order chi connectivity index (χ1) is 3.27. The number of rotatable bonds is 3. The van der Waals surface area contributed by atoms with Gasteiger partial charge in [-0.05, 0) is 34.4 Å². The number of hydrogen-bond donors (Lipinski definition) is 1. The molecule has 2 heteroatoms. The second-order valence-electron chi connectivity index (χ2n) is 1.80. The molecule has 1 N–H and O–H groups in total. The standard InChI is InChI=1S/C5H14NP/c1-4-5-6-7(2)3/h6H,4-5H2,1-3H3. The lowest BCUT2D eigenvalue weighted by Gasteiger charge is -2.04. The Balaban J connectivity index is 2.68. The maximum absolute atomic E-state index is 3.36. The zero-order chi connectivity index (χ0) is 5.70. The quantitative estimate of drug-likeness (QED) is 0.557. The minimum absolute atomic E-state index is 0.144. The molecular weight excluding hydrogens is 105 g/mol. The Morgan fingerprint density at radius 2 is 2.00 bits per heavy atom. The Bertz CT molecular complexity index is 37.1. The third-order valence-electron chi connectivity index (χ3n) is 0.678. The molecule has 0 aromatic carbocycles. The summed E-state index contributed by atoms with van der Waals surface area (Å²) in [7, 11) is 0.144. The summed E-state index contributed by atoms with van der Waals surface area (Å²) in [6.07, 6.45) is 1.25. The van der Waals surface area contributed by atoms with Crippen molar-refractivity contribution in [2.24, 2.45) is 0 Å². The van der Waals surface area contributed by atoms with Gasteiger partial charge in [0.25, 0.3) is 0 Å². The van der Waals surface area contributed by atoms with Crippen LogP contribution in [0.2, 0.25) is 0 Å². The van der Waals surface area contributed by atoms with Crippen molar-refractivity contribution in [3.63, 3.8) is 0 Å². The number of nitrogens with one attached hydrogen (secondary N) is 1. The zero-order valence-corrected chi connectivity index (χ0v) is 6.26. The average Bonchev–Trinajstić information content (AvgIpc) is 1.61. The minimum Gasteiger partial charge on any atom is -0.296 e. The Kier molecular flexibility index (Phi) is 4.80. The predicted octanol–water partition coefficient (Wildman–Crippen LogP) is 1.64. The van der Waals surface area contributed by atoms with Crippen molar-refractivity contribution in [2.45, 2.75) is 13.3 Å². The molecule has 0 bridgehead atoms. The predicted molar refractivity (Wildman–Crippen MR) is 37.1 cm³/mol. The summed E-state index contributed by atoms with van der Waals surface area (Å²) >= 11 is 0. The first-order valence-electron chi connectivity index (χ1n) is 2.68. The fourth-order valence-corrected chi connectivity index (χ4v) is 1.01. The van der Waals surface area contributed by atoms with Gasteiger partial charge in [0, 0.05) is 0 Å². The molecule has 0 saturated heterocycles. The van der Waals surface area contributed by atoms with Gasteiger partial charge < -0.3 is 0 Å². The van der Waals surface area contributed by atoms with Crippen LogP contribution in [0, 0.1) is 0 Å². The van der Waals surface area contributed by atoms with E-state index < -0.39 is 0 Å². The molecule has 1 nitrogen and oxygen atoms in total. The lowest BCUT2D eigenvalue weighted by Crippen LogP contribution is -2.05. The van der Waals surface area contributed by atoms with E-state index >= 15 is 0 Å². The highest BCUT2D eigenvalue weighted by molar-refractivity contribution is 7.53. The summed E-state index contributed by atoms with van der Waals surface area (Å²) in [4.78, 5) is 0. The van der Waals surface area contributed by atoms with Crippen LogP contribution in [0.1, 0.15) is 13.3 Å². The van der Waals surface area contributed by atoms with Crippen LogP contribution in [0.4, 0.5) is 0 Å². The smallest absolute Gasteiger partial charge is 0.00128 e. The summed E-state index contributed by atoms with van der Waals surface area (Å²) in [5.74, 6) is 0. The van der Waals surface area contributed by atoms with E-state index in [1.54, 1.807) is 0 Å². The maximum atomic E-state index is 3.36. The van der Waals surface area contributed by atoms with E-state index in [0.717, 1.165) is 0 Å². The normalized spacial score (nSPS) is 10.3. The third-order valence-corrected chi connectivity index (χ3v) is 1.53. The van der Waals surface area contributed by atoms with E-state index in [1.807, 2.05) is 0 Å². The summed E-state index contributed by atoms with van der Waals surface area (Å²) in [5, 5.41) is 3.36. The van der Waals surface area contributed by atoms with Crippen LogP contribution >= 0.6 is 8.07 Å². The van der Waals surface area contributed by atoms with Gasteiger partial charge in [-0.25, -0.2) is 0 Å². The second-order valence-corrected chi connectivity index (χ2v) is 3.91. The van der Waals surface area contributed by atoms with Crippen LogP contribution in [-0.2, 0) is 0 Å². The van der Waals surface area contributed by atoms with Gasteiger partial charge >= 0.3 is 0 Å². The molecule has 0 heterocycles. The largest absolute Gasteiger partial charge is 0.296 e. The molecule has 0 radical (unpaired) electrons. The van der Waals surface area contributed by atoms with Crippen LogP contribution in [-0.4, -0.2) is 19.9 Å². The van der Waals surface area contributed by atoms with E-state index in [4.69, 9.17) is 0 Å². The molecule has 7 heavy (non-hydrogen) atoms. The molecule has 0 fully saturated rings. The molecule has 0 aliphatic heterocycles. The third kappa shape index (κ3) is 6.39. The van der Waals surface area contributed by atoms with Crippen molar-refractivity contribution in [1.29, 1.82) is 0 Å². The van der Waals surface area contributed by atoms with E-state index in [2.05, 4.69) is 25.3 Å². The van der Waals surface area contributed by atoms with Gasteiger partial charge in [-0.3, -0.25) is 5.09 Å². The molecule has 44 valence electrons. The molecule has 0 rings (SSSR count). The Morgan fingerprint density at radius 1 is 1.43 bits per heavy atom. The van der Waals surface area contributed by atoms with Crippen LogP contribution in [0.15, 0.2) is 0 Å². The minimum atomic E-state index is 0.144. The molecule has 0 unspecified atom stereocenters. The maximum Gasteiger partial charge on any atom is -0.00128 e. The summed E-state index contributed by atoms with van der Waals surface area (Å²) < 4.78 is 0. The lowest BCUT2D eigenvalue weighted by molar-refractivity contribution is 0.870. The van der Waals surface area contributed by atoms with Gasteiger partial charge in [-0.1, -0.05) is 6.92 Å². The van der Waals surface area contributed by atoms with Crippen LogP contribution in [0.3, 0.4) is 0 Å². The van der Waals surface area contributed by atoms with Crippen molar-refractivity contribution in [3.05, 3.63) is 0 Å². The Morgan fingerprint density at radius 3 is 2.14 bits per heavy atom. The average molecular weight is 119 g/mol. The topological polar surface area (TPSA) is 12.0 Å². The molecule has 0 saturated carbocycles. The van der Waals surface area contributed by atoms with Gasteiger partial charge in [-0.15, -0.1) is 0 Å². The van der Waals surface area contributed by atoms with Crippen molar-refractivity contribution >= 4 is 8.07 Å². The van der Waals surface area contributed by atoms with Gasteiger partial charge in [0.15, 0.2) is 0 Å². The van der Waals surface area contributed by atoms with Crippen molar-refractivity contribution in [1.82, 2.24) is 5.09 Å². The summed E-state index contributed by atoms with van der Waals surface area (Å²) in [6, 6.07) is 0. The van der Waals surface area contributed by atoms with Gasteiger partial charge in [-0.2, -0.15) is 0 Å². The lowest BCUT2D eigenvalue weighted by atomic mass is 10.5. The monoisotopic (exact) mass is 119 g/mol. The molecule has 0 amide bonds. The first-order valence-corrected chi connectivity index (χ1v) is 4.91. The highest BCUT2D eigenvalue weighted by Crippen LogP contribution is 2.15. The van der Waals surface area contributed by atoms with E-state index in [-0.39, 0.29) is 8.07 Å². The molecular formula is C5H14NP. The SMILES string of the molecule is CCCNP(C)C. The zero-order valence-electron chi connectivity index (χ0n) is 5.36. The number of hydrogen-bond acceptors (Lipinski definition) is 1. The van der Waals surface area contributed by atoms with Crippen LogP contribution in [0.25, 0.3) is 0 Å². The van der Waals surface area contributed by atoms with Gasteiger partial charge in [0.2, 0.25) is 0 Å². The molecule has 0 aromatic heterocycles.